The van der Waals surface area contributed by atoms with Crippen molar-refractivity contribution in [2.45, 2.75) is 36.3 Å². The van der Waals surface area contributed by atoms with Gasteiger partial charge in [0.1, 0.15) is 0 Å². The van der Waals surface area contributed by atoms with Crippen LogP contribution in [0, 0.1) is 0 Å². The predicted molar refractivity (Wildman–Crippen MR) is 60.3 cm³/mol. The highest BCUT2D eigenvalue weighted by Gasteiger charge is 2.40. The van der Waals surface area contributed by atoms with Crippen LogP contribution in [0.3, 0.4) is 0 Å². The van der Waals surface area contributed by atoms with Gasteiger partial charge in [-0.3, -0.25) is 0 Å². The average Bonchev–Trinajstić information content (AvgIpc) is 2.12. The summed E-state index contributed by atoms with van der Waals surface area (Å²) >= 11 is 1.93. The second-order valence-electron chi connectivity index (χ2n) is 4.29. The fourth-order valence-electron chi connectivity index (χ4n) is 2.15. The molecule has 0 aromatic heterocycles. The summed E-state index contributed by atoms with van der Waals surface area (Å²) in [5.41, 5.74) is 0. The van der Waals surface area contributed by atoms with E-state index in [4.69, 9.17) is 0 Å². The van der Waals surface area contributed by atoms with Crippen molar-refractivity contribution in [3.05, 3.63) is 0 Å². The molecule has 0 bridgehead atoms. The molecule has 14 heavy (non-hydrogen) atoms. The zero-order valence-electron chi connectivity index (χ0n) is 8.45. The summed E-state index contributed by atoms with van der Waals surface area (Å²) in [5, 5.41) is 4.17. The number of nitrogens with one attached hydrogen (secondary N) is 1. The fourth-order valence-corrected chi connectivity index (χ4v) is 5.56. The van der Waals surface area contributed by atoms with Gasteiger partial charge in [-0.05, 0) is 25.8 Å². The van der Waals surface area contributed by atoms with E-state index in [-0.39, 0.29) is 4.87 Å². The Morgan fingerprint density at radius 2 is 2.00 bits per heavy atom. The van der Waals surface area contributed by atoms with Gasteiger partial charge in [0, 0.05) is 5.25 Å². The van der Waals surface area contributed by atoms with Crippen LogP contribution in [-0.4, -0.2) is 36.6 Å². The Morgan fingerprint density at radius 1 is 1.36 bits per heavy atom. The number of thioether (sulfide) groups is 1. The van der Waals surface area contributed by atoms with E-state index in [2.05, 4.69) is 12.2 Å². The number of sulfone groups is 1. The van der Waals surface area contributed by atoms with Crippen LogP contribution in [0.15, 0.2) is 0 Å². The van der Waals surface area contributed by atoms with Crippen molar-refractivity contribution in [3.63, 3.8) is 0 Å². The third-order valence-corrected chi connectivity index (χ3v) is 6.35. The molecule has 1 atom stereocenters. The van der Waals surface area contributed by atoms with Gasteiger partial charge in [0.05, 0.1) is 16.4 Å². The SMILES string of the molecule is CC1CCNC2(CCS(=O)(=O)CC2)S1. The molecule has 2 aliphatic rings. The Labute approximate surface area is 89.9 Å². The van der Waals surface area contributed by atoms with Crippen LogP contribution in [0.4, 0.5) is 0 Å². The van der Waals surface area contributed by atoms with Crippen LogP contribution in [-0.2, 0) is 9.84 Å². The maximum atomic E-state index is 11.3. The molecule has 0 radical (unpaired) electrons. The van der Waals surface area contributed by atoms with Crippen molar-refractivity contribution < 1.29 is 8.42 Å². The first kappa shape index (κ1) is 10.8. The van der Waals surface area contributed by atoms with Crippen molar-refractivity contribution >= 4 is 21.6 Å². The van der Waals surface area contributed by atoms with Crippen LogP contribution < -0.4 is 5.32 Å². The molecule has 5 heteroatoms. The molecular formula is C9H17NO2S2. The second kappa shape index (κ2) is 3.68. The Bertz CT molecular complexity index is 299. The van der Waals surface area contributed by atoms with Gasteiger partial charge in [-0.1, -0.05) is 6.92 Å². The Hall–Kier alpha value is 0.260. The molecule has 0 aromatic carbocycles. The number of hydrogen-bond acceptors (Lipinski definition) is 4. The molecule has 0 saturated carbocycles. The van der Waals surface area contributed by atoms with E-state index >= 15 is 0 Å². The molecule has 1 spiro atoms. The first-order valence-corrected chi connectivity index (χ1v) is 7.85. The van der Waals surface area contributed by atoms with Crippen LogP contribution in [0.1, 0.15) is 26.2 Å². The molecule has 2 fully saturated rings. The van der Waals surface area contributed by atoms with Gasteiger partial charge >= 0.3 is 0 Å². The lowest BCUT2D eigenvalue weighted by Gasteiger charge is -2.42. The smallest absolute Gasteiger partial charge is 0.150 e. The molecule has 2 heterocycles. The van der Waals surface area contributed by atoms with Gasteiger partial charge < -0.3 is 5.32 Å². The Morgan fingerprint density at radius 3 is 2.57 bits per heavy atom. The molecule has 0 aliphatic carbocycles. The maximum Gasteiger partial charge on any atom is 0.150 e. The van der Waals surface area contributed by atoms with Crippen LogP contribution in [0.25, 0.3) is 0 Å². The van der Waals surface area contributed by atoms with E-state index in [0.717, 1.165) is 19.4 Å². The summed E-state index contributed by atoms with van der Waals surface area (Å²) in [6.45, 7) is 3.27. The van der Waals surface area contributed by atoms with E-state index in [1.807, 2.05) is 11.8 Å². The lowest BCUT2D eigenvalue weighted by atomic mass is 10.1. The summed E-state index contributed by atoms with van der Waals surface area (Å²) < 4.78 is 22.6. The zero-order chi connectivity index (χ0) is 10.2. The summed E-state index contributed by atoms with van der Waals surface area (Å²) in [6, 6.07) is 0. The average molecular weight is 235 g/mol. The van der Waals surface area contributed by atoms with Crippen LogP contribution >= 0.6 is 11.8 Å². The van der Waals surface area contributed by atoms with Crippen molar-refractivity contribution in [2.24, 2.45) is 0 Å². The predicted octanol–water partition coefficient (Wildman–Crippen LogP) is 1.01. The Kier molecular flexibility index (Phi) is 2.83. The minimum atomic E-state index is -2.73. The maximum absolute atomic E-state index is 11.3. The first-order chi connectivity index (χ1) is 6.52. The van der Waals surface area contributed by atoms with Crippen molar-refractivity contribution in [1.82, 2.24) is 5.32 Å². The molecule has 1 N–H and O–H groups in total. The van der Waals surface area contributed by atoms with Crippen molar-refractivity contribution in [3.8, 4) is 0 Å². The molecular weight excluding hydrogens is 218 g/mol. The first-order valence-electron chi connectivity index (χ1n) is 5.15. The van der Waals surface area contributed by atoms with E-state index in [1.54, 1.807) is 0 Å². The lowest BCUT2D eigenvalue weighted by molar-refractivity contribution is 0.402. The minimum absolute atomic E-state index is 0.0724. The van der Waals surface area contributed by atoms with Gasteiger partial charge in [-0.15, -0.1) is 11.8 Å². The van der Waals surface area contributed by atoms with E-state index < -0.39 is 9.84 Å². The quantitative estimate of drug-likeness (QED) is 0.680. The topological polar surface area (TPSA) is 46.2 Å². The molecule has 2 saturated heterocycles. The molecule has 2 rings (SSSR count). The monoisotopic (exact) mass is 235 g/mol. The number of hydrogen-bond donors (Lipinski definition) is 1. The molecule has 1 unspecified atom stereocenters. The second-order valence-corrected chi connectivity index (χ2v) is 8.42. The third kappa shape index (κ3) is 2.25. The van der Waals surface area contributed by atoms with Crippen LogP contribution in [0.2, 0.25) is 0 Å². The van der Waals surface area contributed by atoms with Gasteiger partial charge in [0.25, 0.3) is 0 Å². The third-order valence-electron chi connectivity index (χ3n) is 3.06. The minimum Gasteiger partial charge on any atom is -0.303 e. The van der Waals surface area contributed by atoms with Gasteiger partial charge in [-0.2, -0.15) is 0 Å². The highest BCUT2D eigenvalue weighted by Crippen LogP contribution is 2.40. The highest BCUT2D eigenvalue weighted by molar-refractivity contribution is 8.01. The summed E-state index contributed by atoms with van der Waals surface area (Å²) in [4.78, 5) is 0.0724. The number of rotatable bonds is 0. The normalized spacial score (nSPS) is 35.6. The summed E-state index contributed by atoms with van der Waals surface area (Å²) in [7, 11) is -2.73. The standard InChI is InChI=1S/C9H17NO2S2/c1-8-2-5-10-9(13-8)3-6-14(11,12)7-4-9/h8,10H,2-7H2,1H3. The van der Waals surface area contributed by atoms with Gasteiger partial charge in [0.15, 0.2) is 9.84 Å². The van der Waals surface area contributed by atoms with Crippen LogP contribution in [0.5, 0.6) is 0 Å². The Balaban J connectivity index is 2.04. The van der Waals surface area contributed by atoms with Gasteiger partial charge in [0.2, 0.25) is 0 Å². The highest BCUT2D eigenvalue weighted by atomic mass is 32.2. The van der Waals surface area contributed by atoms with Crippen molar-refractivity contribution in [1.29, 1.82) is 0 Å². The molecule has 0 aromatic rings. The van der Waals surface area contributed by atoms with Gasteiger partial charge in [-0.25, -0.2) is 8.42 Å². The van der Waals surface area contributed by atoms with Crippen molar-refractivity contribution in [2.75, 3.05) is 18.1 Å². The zero-order valence-corrected chi connectivity index (χ0v) is 10.1. The lowest BCUT2D eigenvalue weighted by Crippen LogP contribution is -2.52. The molecule has 82 valence electrons. The fraction of sp³-hybridized carbons (Fsp3) is 1.00. The largest absolute Gasteiger partial charge is 0.303 e. The summed E-state index contributed by atoms with van der Waals surface area (Å²) in [5.74, 6) is 0.722. The van der Waals surface area contributed by atoms with E-state index in [9.17, 15) is 8.42 Å². The molecule has 2 aliphatic heterocycles. The van der Waals surface area contributed by atoms with E-state index in [0.29, 0.717) is 16.8 Å². The molecule has 0 amide bonds. The summed E-state index contributed by atoms with van der Waals surface area (Å²) in [6.07, 6.45) is 2.76. The molecule has 3 nitrogen and oxygen atoms in total. The van der Waals surface area contributed by atoms with E-state index in [1.165, 1.54) is 6.42 Å².